The van der Waals surface area contributed by atoms with Crippen LogP contribution in [0.5, 0.6) is 5.75 Å². The summed E-state index contributed by atoms with van der Waals surface area (Å²) in [6, 6.07) is 7.78. The highest BCUT2D eigenvalue weighted by atomic mass is 32.2. The second kappa shape index (κ2) is 6.25. The Morgan fingerprint density at radius 1 is 1.47 bits per heavy atom. The van der Waals surface area contributed by atoms with Crippen molar-refractivity contribution in [3.63, 3.8) is 0 Å². The number of nitriles is 1. The van der Waals surface area contributed by atoms with Crippen LogP contribution in [0.4, 0.5) is 0 Å². The lowest BCUT2D eigenvalue weighted by Gasteiger charge is -2.04. The number of thioether (sulfide) groups is 1. The van der Waals surface area contributed by atoms with E-state index in [9.17, 15) is 0 Å². The predicted octanol–water partition coefficient (Wildman–Crippen LogP) is 2.81. The number of hydrogen-bond donors (Lipinski definition) is 0. The lowest BCUT2D eigenvalue weighted by molar-refractivity contribution is 0.391. The molecule has 0 saturated heterocycles. The Balaban J connectivity index is 2.14. The number of methoxy groups -OCH3 is 1. The summed E-state index contributed by atoms with van der Waals surface area (Å²) in [6.45, 7) is 1.96. The number of hydrogen-bond acceptors (Lipinski definition) is 6. The van der Waals surface area contributed by atoms with Crippen molar-refractivity contribution in [2.75, 3.05) is 12.9 Å². The second-order valence-corrected chi connectivity index (χ2v) is 4.83. The molecule has 0 fully saturated rings. The van der Waals surface area contributed by atoms with Gasteiger partial charge in [0.2, 0.25) is 11.7 Å². The molecular weight excluding hydrogens is 262 g/mol. The summed E-state index contributed by atoms with van der Waals surface area (Å²) < 4.78 is 10.3. The largest absolute Gasteiger partial charge is 0.496 e. The van der Waals surface area contributed by atoms with E-state index in [1.807, 2.05) is 25.1 Å². The van der Waals surface area contributed by atoms with E-state index in [4.69, 9.17) is 14.5 Å². The van der Waals surface area contributed by atoms with Gasteiger partial charge in [-0.05, 0) is 30.7 Å². The number of nitrogens with zero attached hydrogens (tertiary/aromatic N) is 3. The van der Waals surface area contributed by atoms with E-state index >= 15 is 0 Å². The molecule has 0 aliphatic carbocycles. The summed E-state index contributed by atoms with van der Waals surface area (Å²) in [5, 5.41) is 12.4. The SMILES string of the molecule is COc1ccc(-c2noc(CSCC#N)n2)cc1C. The van der Waals surface area contributed by atoms with E-state index in [1.165, 1.54) is 11.8 Å². The van der Waals surface area contributed by atoms with E-state index in [0.29, 0.717) is 23.2 Å². The molecule has 2 aromatic rings. The Hall–Kier alpha value is -2.00. The molecule has 6 heteroatoms. The minimum absolute atomic E-state index is 0.416. The summed E-state index contributed by atoms with van der Waals surface area (Å²) in [5.41, 5.74) is 1.91. The van der Waals surface area contributed by atoms with E-state index in [-0.39, 0.29) is 0 Å². The number of aryl methyl sites for hydroxylation is 1. The van der Waals surface area contributed by atoms with Crippen molar-refractivity contribution < 1.29 is 9.26 Å². The van der Waals surface area contributed by atoms with Crippen LogP contribution in [-0.4, -0.2) is 23.0 Å². The third-order valence-corrected chi connectivity index (χ3v) is 3.30. The standard InChI is InChI=1S/C13H13N3O2S/c1-9-7-10(3-4-11(9)17-2)13-15-12(18-16-13)8-19-6-5-14/h3-4,7H,6,8H2,1-2H3. The smallest absolute Gasteiger partial charge is 0.236 e. The Bertz CT molecular complexity index is 604. The van der Waals surface area contributed by atoms with Crippen molar-refractivity contribution in [1.29, 1.82) is 5.26 Å². The first kappa shape index (κ1) is 13.4. The fourth-order valence-electron chi connectivity index (χ4n) is 1.63. The molecule has 0 bridgehead atoms. The summed E-state index contributed by atoms with van der Waals surface area (Å²) in [4.78, 5) is 4.30. The van der Waals surface area contributed by atoms with Crippen LogP contribution in [0.25, 0.3) is 11.4 Å². The van der Waals surface area contributed by atoms with Crippen LogP contribution < -0.4 is 4.74 Å². The lowest BCUT2D eigenvalue weighted by Crippen LogP contribution is -1.89. The van der Waals surface area contributed by atoms with Crippen LogP contribution in [0.2, 0.25) is 0 Å². The van der Waals surface area contributed by atoms with Gasteiger partial charge >= 0.3 is 0 Å². The molecule has 2 rings (SSSR count). The molecule has 0 radical (unpaired) electrons. The van der Waals surface area contributed by atoms with Gasteiger partial charge in [-0.2, -0.15) is 10.2 Å². The van der Waals surface area contributed by atoms with Gasteiger partial charge in [-0.25, -0.2) is 0 Å². The molecule has 0 aliphatic heterocycles. The molecule has 5 nitrogen and oxygen atoms in total. The van der Waals surface area contributed by atoms with E-state index in [1.54, 1.807) is 7.11 Å². The van der Waals surface area contributed by atoms with Gasteiger partial charge in [0.1, 0.15) is 5.75 Å². The molecule has 0 N–H and O–H groups in total. The average Bonchev–Trinajstić information content (AvgIpc) is 2.88. The Morgan fingerprint density at radius 2 is 2.32 bits per heavy atom. The topological polar surface area (TPSA) is 71.9 Å². The van der Waals surface area contributed by atoms with Gasteiger partial charge in [0.25, 0.3) is 0 Å². The highest BCUT2D eigenvalue weighted by molar-refractivity contribution is 7.98. The fraction of sp³-hybridized carbons (Fsp3) is 0.308. The predicted molar refractivity (Wildman–Crippen MR) is 72.8 cm³/mol. The molecule has 0 saturated carbocycles. The van der Waals surface area contributed by atoms with Crippen molar-refractivity contribution >= 4 is 11.8 Å². The molecule has 0 unspecified atom stereocenters. The molecule has 1 aromatic heterocycles. The van der Waals surface area contributed by atoms with Crippen LogP contribution in [0.3, 0.4) is 0 Å². The molecule has 0 aliphatic rings. The maximum Gasteiger partial charge on any atom is 0.236 e. The minimum atomic E-state index is 0.416. The highest BCUT2D eigenvalue weighted by Gasteiger charge is 2.10. The van der Waals surface area contributed by atoms with Crippen LogP contribution in [0.15, 0.2) is 22.7 Å². The molecule has 98 valence electrons. The molecule has 1 aromatic carbocycles. The highest BCUT2D eigenvalue weighted by Crippen LogP contribution is 2.24. The van der Waals surface area contributed by atoms with Gasteiger partial charge in [-0.15, -0.1) is 11.8 Å². The minimum Gasteiger partial charge on any atom is -0.496 e. The fourth-order valence-corrected chi connectivity index (χ4v) is 2.12. The third kappa shape index (κ3) is 3.26. The zero-order chi connectivity index (χ0) is 13.7. The van der Waals surface area contributed by atoms with Crippen molar-refractivity contribution in [2.45, 2.75) is 12.7 Å². The van der Waals surface area contributed by atoms with Gasteiger partial charge in [0, 0.05) is 5.56 Å². The molecular formula is C13H13N3O2S. The number of aromatic nitrogens is 2. The van der Waals surface area contributed by atoms with E-state index in [2.05, 4.69) is 16.2 Å². The average molecular weight is 275 g/mol. The molecule has 0 atom stereocenters. The number of rotatable bonds is 5. The van der Waals surface area contributed by atoms with Gasteiger partial charge in [-0.3, -0.25) is 0 Å². The van der Waals surface area contributed by atoms with Crippen molar-refractivity contribution in [3.8, 4) is 23.2 Å². The summed E-state index contributed by atoms with van der Waals surface area (Å²) in [7, 11) is 1.64. The molecule has 1 heterocycles. The Labute approximate surface area is 115 Å². The Morgan fingerprint density at radius 3 is 3.00 bits per heavy atom. The summed E-state index contributed by atoms with van der Waals surface area (Å²) in [6.07, 6.45) is 0. The van der Waals surface area contributed by atoms with Crippen molar-refractivity contribution in [3.05, 3.63) is 29.7 Å². The number of benzene rings is 1. The Kier molecular flexibility index (Phi) is 4.42. The van der Waals surface area contributed by atoms with Crippen LogP contribution in [0.1, 0.15) is 11.5 Å². The normalized spacial score (nSPS) is 10.2. The lowest BCUT2D eigenvalue weighted by atomic mass is 10.1. The zero-order valence-corrected chi connectivity index (χ0v) is 11.5. The summed E-state index contributed by atoms with van der Waals surface area (Å²) >= 11 is 1.45. The first-order valence-corrected chi connectivity index (χ1v) is 6.82. The van der Waals surface area contributed by atoms with Gasteiger partial charge in [-0.1, -0.05) is 5.16 Å². The zero-order valence-electron chi connectivity index (χ0n) is 10.7. The third-order valence-electron chi connectivity index (χ3n) is 2.51. The van der Waals surface area contributed by atoms with Gasteiger partial charge in [0.15, 0.2) is 0 Å². The maximum absolute atomic E-state index is 8.46. The monoisotopic (exact) mass is 275 g/mol. The van der Waals surface area contributed by atoms with Crippen molar-refractivity contribution in [1.82, 2.24) is 10.1 Å². The molecule has 0 amide bonds. The van der Waals surface area contributed by atoms with Gasteiger partial charge < -0.3 is 9.26 Å². The first-order valence-electron chi connectivity index (χ1n) is 5.67. The van der Waals surface area contributed by atoms with Crippen LogP contribution in [0, 0.1) is 18.3 Å². The van der Waals surface area contributed by atoms with Crippen LogP contribution >= 0.6 is 11.8 Å². The second-order valence-electron chi connectivity index (χ2n) is 3.85. The van der Waals surface area contributed by atoms with Crippen molar-refractivity contribution in [2.24, 2.45) is 0 Å². The summed E-state index contributed by atoms with van der Waals surface area (Å²) in [5.74, 6) is 2.88. The molecule has 0 spiro atoms. The molecule has 19 heavy (non-hydrogen) atoms. The number of ether oxygens (including phenoxy) is 1. The quantitative estimate of drug-likeness (QED) is 0.781. The van der Waals surface area contributed by atoms with E-state index in [0.717, 1.165) is 16.9 Å². The maximum atomic E-state index is 8.46. The van der Waals surface area contributed by atoms with Crippen LogP contribution in [-0.2, 0) is 5.75 Å². The van der Waals surface area contributed by atoms with Gasteiger partial charge in [0.05, 0.1) is 24.7 Å². The van der Waals surface area contributed by atoms with E-state index < -0.39 is 0 Å². The first-order chi connectivity index (χ1) is 9.24.